The molecule has 1 aromatic heterocycles. The van der Waals surface area contributed by atoms with Crippen LogP contribution in [0.25, 0.3) is 66.1 Å². The lowest BCUT2D eigenvalue weighted by molar-refractivity contribution is 0.660. The van der Waals surface area contributed by atoms with E-state index in [2.05, 4.69) is 183 Å². The van der Waals surface area contributed by atoms with Gasteiger partial charge in [-0.2, -0.15) is 0 Å². The van der Waals surface area contributed by atoms with Gasteiger partial charge in [-0.3, -0.25) is 0 Å². The van der Waals surface area contributed by atoms with Gasteiger partial charge in [0.2, 0.25) is 0 Å². The second-order valence-corrected chi connectivity index (χ2v) is 14.1. The molecule has 1 heterocycles. The molecular weight excluding hydrogens is 619 g/mol. The van der Waals surface area contributed by atoms with Crippen LogP contribution in [-0.4, -0.2) is 0 Å². The van der Waals surface area contributed by atoms with Crippen LogP contribution in [0.15, 0.2) is 180 Å². The van der Waals surface area contributed by atoms with Crippen LogP contribution in [0.1, 0.15) is 25.0 Å². The first-order chi connectivity index (χ1) is 25.1. The highest BCUT2D eigenvalue weighted by Crippen LogP contribution is 2.54. The van der Waals surface area contributed by atoms with Gasteiger partial charge in [-0.1, -0.05) is 147 Å². The molecule has 8 aromatic carbocycles. The van der Waals surface area contributed by atoms with Crippen molar-refractivity contribution in [2.45, 2.75) is 19.3 Å². The van der Waals surface area contributed by atoms with Crippen molar-refractivity contribution in [1.82, 2.24) is 0 Å². The van der Waals surface area contributed by atoms with Crippen molar-refractivity contribution in [3.05, 3.63) is 187 Å². The molecule has 9 aromatic rings. The highest BCUT2D eigenvalue weighted by Gasteiger charge is 2.37. The van der Waals surface area contributed by atoms with Gasteiger partial charge in [0.05, 0.1) is 11.4 Å². The lowest BCUT2D eigenvalue weighted by Gasteiger charge is -2.30. The molecule has 0 unspecified atom stereocenters. The average molecular weight is 654 g/mol. The van der Waals surface area contributed by atoms with E-state index in [9.17, 15) is 0 Å². The van der Waals surface area contributed by atoms with Gasteiger partial charge < -0.3 is 9.32 Å². The predicted molar refractivity (Wildman–Crippen MR) is 214 cm³/mol. The first-order valence-electron chi connectivity index (χ1n) is 17.7. The van der Waals surface area contributed by atoms with Crippen molar-refractivity contribution in [2.75, 3.05) is 4.90 Å². The predicted octanol–water partition coefficient (Wildman–Crippen LogP) is 13.8. The number of fused-ring (bicyclic) bond motifs is 7. The molecule has 0 spiro atoms. The third-order valence-electron chi connectivity index (χ3n) is 10.9. The second-order valence-electron chi connectivity index (χ2n) is 14.1. The minimum absolute atomic E-state index is 0.0865. The maximum atomic E-state index is 6.38. The Balaban J connectivity index is 1.23. The van der Waals surface area contributed by atoms with E-state index in [1.54, 1.807) is 0 Å². The number of nitrogens with zero attached hydrogens (tertiary/aromatic N) is 1. The molecule has 0 bridgehead atoms. The lowest BCUT2D eigenvalue weighted by Crippen LogP contribution is -2.15. The van der Waals surface area contributed by atoms with Gasteiger partial charge >= 0.3 is 0 Å². The van der Waals surface area contributed by atoms with Crippen molar-refractivity contribution in [1.29, 1.82) is 0 Å². The molecule has 0 N–H and O–H groups in total. The normalized spacial score (nSPS) is 13.1. The summed E-state index contributed by atoms with van der Waals surface area (Å²) in [6.07, 6.45) is 0. The third-order valence-corrected chi connectivity index (χ3v) is 10.9. The Morgan fingerprint density at radius 2 is 1.06 bits per heavy atom. The summed E-state index contributed by atoms with van der Waals surface area (Å²) >= 11 is 0. The minimum atomic E-state index is -0.0865. The van der Waals surface area contributed by atoms with E-state index in [1.165, 1.54) is 44.2 Å². The molecule has 0 amide bonds. The zero-order valence-electron chi connectivity index (χ0n) is 28.6. The number of hydrogen-bond donors (Lipinski definition) is 0. The van der Waals surface area contributed by atoms with Crippen LogP contribution in [0.3, 0.4) is 0 Å². The Morgan fingerprint density at radius 1 is 0.431 bits per heavy atom. The fourth-order valence-electron chi connectivity index (χ4n) is 8.41. The zero-order chi connectivity index (χ0) is 34.1. The molecule has 51 heavy (non-hydrogen) atoms. The number of para-hydroxylation sites is 3. The van der Waals surface area contributed by atoms with Crippen molar-refractivity contribution < 1.29 is 4.42 Å². The molecular formula is C49H35NO. The van der Waals surface area contributed by atoms with Gasteiger partial charge in [0.25, 0.3) is 0 Å². The Kier molecular flexibility index (Phi) is 6.56. The minimum Gasteiger partial charge on any atom is -0.456 e. The smallest absolute Gasteiger partial charge is 0.136 e. The van der Waals surface area contributed by atoms with E-state index in [4.69, 9.17) is 4.42 Å². The van der Waals surface area contributed by atoms with Crippen LogP contribution < -0.4 is 4.90 Å². The summed E-state index contributed by atoms with van der Waals surface area (Å²) in [5.74, 6) is 0. The van der Waals surface area contributed by atoms with Crippen LogP contribution in [0.5, 0.6) is 0 Å². The molecule has 2 nitrogen and oxygen atoms in total. The molecule has 0 saturated carbocycles. The van der Waals surface area contributed by atoms with Crippen LogP contribution in [0.4, 0.5) is 17.1 Å². The number of furan rings is 1. The van der Waals surface area contributed by atoms with Crippen LogP contribution in [0.2, 0.25) is 0 Å². The molecule has 2 heteroatoms. The second kappa shape index (κ2) is 11.3. The van der Waals surface area contributed by atoms with E-state index >= 15 is 0 Å². The number of anilines is 3. The number of hydrogen-bond acceptors (Lipinski definition) is 2. The summed E-state index contributed by atoms with van der Waals surface area (Å²) in [7, 11) is 0. The largest absolute Gasteiger partial charge is 0.456 e. The topological polar surface area (TPSA) is 16.4 Å². The van der Waals surface area contributed by atoms with Gasteiger partial charge in [0.15, 0.2) is 0 Å². The Labute approximate surface area is 297 Å². The molecule has 10 rings (SSSR count). The highest BCUT2D eigenvalue weighted by molar-refractivity contribution is 6.07. The van der Waals surface area contributed by atoms with Crippen molar-refractivity contribution in [2.24, 2.45) is 0 Å². The zero-order valence-corrected chi connectivity index (χ0v) is 28.6. The maximum Gasteiger partial charge on any atom is 0.136 e. The molecule has 0 saturated heterocycles. The standard InChI is InChI=1S/C49H35NO/c1-49(2)42-21-9-5-19-41(42)48-40(20-13-22-43(48)49)37-17-7-11-24-45(37)50(35-28-26-32-14-3-4-15-33(32)30-35)44-23-10-6-16-36(44)34-27-29-39-38-18-8-12-25-46(38)51-47(39)31-34/h3-31H,1-2H3. The summed E-state index contributed by atoms with van der Waals surface area (Å²) in [5.41, 5.74) is 15.1. The molecule has 1 aliphatic rings. The Hall–Kier alpha value is -6.38. The van der Waals surface area contributed by atoms with E-state index < -0.39 is 0 Å². The Bertz CT molecular complexity index is 2800. The van der Waals surface area contributed by atoms with Crippen molar-refractivity contribution >= 4 is 49.8 Å². The summed E-state index contributed by atoms with van der Waals surface area (Å²) in [6, 6.07) is 63.7. The quantitative estimate of drug-likeness (QED) is 0.184. The monoisotopic (exact) mass is 653 g/mol. The van der Waals surface area contributed by atoms with Gasteiger partial charge in [-0.25, -0.2) is 0 Å². The summed E-state index contributed by atoms with van der Waals surface area (Å²) in [6.45, 7) is 4.70. The van der Waals surface area contributed by atoms with Crippen LogP contribution >= 0.6 is 0 Å². The Morgan fingerprint density at radius 3 is 1.92 bits per heavy atom. The molecule has 0 fully saturated rings. The maximum absolute atomic E-state index is 6.38. The van der Waals surface area contributed by atoms with E-state index in [0.717, 1.165) is 50.1 Å². The summed E-state index contributed by atoms with van der Waals surface area (Å²) < 4.78 is 6.38. The third kappa shape index (κ3) is 4.57. The SMILES string of the molecule is CC1(C)c2ccccc2-c2c(-c3ccccc3N(c3ccc4ccccc4c3)c3ccccc3-c3ccc4c(c3)oc3ccccc34)cccc21. The summed E-state index contributed by atoms with van der Waals surface area (Å²) in [5, 5.41) is 4.69. The van der Waals surface area contributed by atoms with Crippen LogP contribution in [0, 0.1) is 0 Å². The van der Waals surface area contributed by atoms with Gasteiger partial charge in [0.1, 0.15) is 11.2 Å². The van der Waals surface area contributed by atoms with Gasteiger partial charge in [0, 0.05) is 33.0 Å². The molecule has 0 atom stereocenters. The number of rotatable bonds is 5. The fraction of sp³-hybridized carbons (Fsp3) is 0.0612. The molecule has 0 aliphatic heterocycles. The number of benzene rings is 8. The summed E-state index contributed by atoms with van der Waals surface area (Å²) in [4.78, 5) is 2.45. The lowest BCUT2D eigenvalue weighted by atomic mass is 9.82. The van der Waals surface area contributed by atoms with Gasteiger partial charge in [-0.05, 0) is 86.6 Å². The van der Waals surface area contributed by atoms with Gasteiger partial charge in [-0.15, -0.1) is 0 Å². The van der Waals surface area contributed by atoms with E-state index in [-0.39, 0.29) is 5.41 Å². The van der Waals surface area contributed by atoms with Crippen LogP contribution in [-0.2, 0) is 5.41 Å². The van der Waals surface area contributed by atoms with E-state index in [1.807, 2.05) is 12.1 Å². The van der Waals surface area contributed by atoms with Crippen molar-refractivity contribution in [3.63, 3.8) is 0 Å². The van der Waals surface area contributed by atoms with Crippen molar-refractivity contribution in [3.8, 4) is 33.4 Å². The molecule has 242 valence electrons. The first-order valence-corrected chi connectivity index (χ1v) is 17.7. The molecule has 0 radical (unpaired) electrons. The molecule has 1 aliphatic carbocycles. The van der Waals surface area contributed by atoms with E-state index in [0.29, 0.717) is 0 Å². The highest BCUT2D eigenvalue weighted by atomic mass is 16.3. The first kappa shape index (κ1) is 29.5. The fourth-order valence-corrected chi connectivity index (χ4v) is 8.41. The average Bonchev–Trinajstić information content (AvgIpc) is 3.67.